The average Bonchev–Trinajstić information content (AvgIpc) is 3.16. The molecular formula is C14H12N4. The second-order valence-corrected chi connectivity index (χ2v) is 4.73. The van der Waals surface area contributed by atoms with E-state index in [1.165, 1.54) is 12.8 Å². The van der Waals surface area contributed by atoms with Gasteiger partial charge >= 0.3 is 0 Å². The number of hydrogen-bond donors (Lipinski definition) is 1. The molecule has 88 valence electrons. The van der Waals surface area contributed by atoms with E-state index in [1.807, 2.05) is 18.2 Å². The van der Waals surface area contributed by atoms with Crippen molar-refractivity contribution in [3.05, 3.63) is 42.4 Å². The second-order valence-electron chi connectivity index (χ2n) is 4.73. The first-order valence-electron chi connectivity index (χ1n) is 6.17. The van der Waals surface area contributed by atoms with Crippen LogP contribution in [-0.2, 0) is 0 Å². The second kappa shape index (κ2) is 3.63. The van der Waals surface area contributed by atoms with Gasteiger partial charge in [-0.05, 0) is 37.1 Å². The Bertz CT molecular complexity index is 712. The van der Waals surface area contributed by atoms with Crippen LogP contribution >= 0.6 is 0 Å². The maximum Gasteiger partial charge on any atom is 0.181 e. The Morgan fingerprint density at radius 3 is 3.00 bits per heavy atom. The zero-order valence-electron chi connectivity index (χ0n) is 9.80. The minimum absolute atomic E-state index is 0.605. The number of nitrogens with zero attached hydrogens (tertiary/aromatic N) is 3. The number of aromatic amines is 1. The third-order valence-corrected chi connectivity index (χ3v) is 3.33. The van der Waals surface area contributed by atoms with Crippen LogP contribution in [0.3, 0.4) is 0 Å². The normalized spacial score (nSPS) is 15.1. The van der Waals surface area contributed by atoms with Crippen LogP contribution in [-0.4, -0.2) is 20.2 Å². The third kappa shape index (κ3) is 1.57. The van der Waals surface area contributed by atoms with Gasteiger partial charge in [0.15, 0.2) is 5.82 Å². The fourth-order valence-electron chi connectivity index (χ4n) is 2.16. The largest absolute Gasteiger partial charge is 0.262 e. The summed E-state index contributed by atoms with van der Waals surface area (Å²) in [6.45, 7) is 0. The minimum Gasteiger partial charge on any atom is -0.262 e. The van der Waals surface area contributed by atoms with E-state index in [0.717, 1.165) is 28.1 Å². The molecule has 0 unspecified atom stereocenters. The van der Waals surface area contributed by atoms with Gasteiger partial charge in [-0.25, -0.2) is 4.98 Å². The van der Waals surface area contributed by atoms with E-state index in [9.17, 15) is 0 Å². The summed E-state index contributed by atoms with van der Waals surface area (Å²) in [6.07, 6.45) is 4.27. The molecule has 0 radical (unpaired) electrons. The van der Waals surface area contributed by atoms with E-state index in [2.05, 4.69) is 32.3 Å². The van der Waals surface area contributed by atoms with Gasteiger partial charge < -0.3 is 0 Å². The molecule has 4 heteroatoms. The molecule has 1 fully saturated rings. The van der Waals surface area contributed by atoms with Gasteiger partial charge in [-0.15, -0.1) is 0 Å². The van der Waals surface area contributed by atoms with E-state index in [0.29, 0.717) is 5.92 Å². The Labute approximate surface area is 104 Å². The highest BCUT2D eigenvalue weighted by Gasteiger charge is 2.27. The topological polar surface area (TPSA) is 54.5 Å². The molecule has 1 aliphatic rings. The molecule has 4 rings (SSSR count). The molecule has 2 heterocycles. The van der Waals surface area contributed by atoms with E-state index in [1.54, 1.807) is 6.20 Å². The zero-order chi connectivity index (χ0) is 11.9. The third-order valence-electron chi connectivity index (χ3n) is 3.33. The summed E-state index contributed by atoms with van der Waals surface area (Å²) in [5.41, 5.74) is 2.04. The number of hydrogen-bond acceptors (Lipinski definition) is 3. The van der Waals surface area contributed by atoms with Crippen molar-refractivity contribution < 1.29 is 0 Å². The maximum absolute atomic E-state index is 4.56. The molecular weight excluding hydrogens is 224 g/mol. The smallest absolute Gasteiger partial charge is 0.181 e. The molecule has 1 aliphatic carbocycles. The van der Waals surface area contributed by atoms with Crippen LogP contribution in [0.2, 0.25) is 0 Å². The maximum atomic E-state index is 4.56. The lowest BCUT2D eigenvalue weighted by atomic mass is 10.1. The molecule has 1 aromatic carbocycles. The highest BCUT2D eigenvalue weighted by atomic mass is 15.2. The quantitative estimate of drug-likeness (QED) is 0.744. The number of aromatic nitrogens is 4. The highest BCUT2D eigenvalue weighted by molar-refractivity contribution is 5.82. The Kier molecular flexibility index (Phi) is 1.97. The molecule has 0 amide bonds. The average molecular weight is 236 g/mol. The molecule has 18 heavy (non-hydrogen) atoms. The zero-order valence-corrected chi connectivity index (χ0v) is 9.80. The van der Waals surface area contributed by atoms with Crippen molar-refractivity contribution in [2.75, 3.05) is 0 Å². The van der Waals surface area contributed by atoms with Gasteiger partial charge in [0.25, 0.3) is 0 Å². The summed E-state index contributed by atoms with van der Waals surface area (Å²) in [4.78, 5) is 8.87. The lowest BCUT2D eigenvalue weighted by Crippen LogP contribution is -1.84. The first kappa shape index (κ1) is 9.76. The molecule has 0 spiro atoms. The fraction of sp³-hybridized carbons (Fsp3) is 0.214. The van der Waals surface area contributed by atoms with Gasteiger partial charge in [0.05, 0.1) is 5.52 Å². The van der Waals surface area contributed by atoms with Crippen molar-refractivity contribution >= 4 is 10.9 Å². The van der Waals surface area contributed by atoms with Crippen LogP contribution in [0.15, 0.2) is 36.5 Å². The Morgan fingerprint density at radius 2 is 2.11 bits per heavy atom. The molecule has 0 saturated heterocycles. The summed E-state index contributed by atoms with van der Waals surface area (Å²) in [7, 11) is 0. The van der Waals surface area contributed by atoms with Crippen LogP contribution in [0, 0.1) is 0 Å². The summed E-state index contributed by atoms with van der Waals surface area (Å²) < 4.78 is 0. The minimum atomic E-state index is 0.605. The van der Waals surface area contributed by atoms with Gasteiger partial charge in [0.1, 0.15) is 5.82 Å². The fourth-order valence-corrected chi connectivity index (χ4v) is 2.16. The van der Waals surface area contributed by atoms with Gasteiger partial charge in [0, 0.05) is 23.1 Å². The lowest BCUT2D eigenvalue weighted by molar-refractivity contribution is 0.935. The van der Waals surface area contributed by atoms with Gasteiger partial charge in [-0.1, -0.05) is 6.07 Å². The number of benzene rings is 1. The van der Waals surface area contributed by atoms with Crippen molar-refractivity contribution in [3.63, 3.8) is 0 Å². The van der Waals surface area contributed by atoms with Crippen LogP contribution in [0.25, 0.3) is 22.3 Å². The number of nitrogens with one attached hydrogen (secondary N) is 1. The standard InChI is InChI=1S/C14H12N4/c1-2-10-8-11(5-6-12(10)15-7-1)14-16-13(17-18-14)9-3-4-9/h1-2,5-9H,3-4H2,(H,16,17,18). The predicted octanol–water partition coefficient (Wildman–Crippen LogP) is 2.90. The molecule has 0 aliphatic heterocycles. The number of pyridine rings is 1. The van der Waals surface area contributed by atoms with Crippen LogP contribution in [0.4, 0.5) is 0 Å². The molecule has 4 nitrogen and oxygen atoms in total. The van der Waals surface area contributed by atoms with Crippen molar-refractivity contribution in [1.82, 2.24) is 20.2 Å². The van der Waals surface area contributed by atoms with Crippen molar-refractivity contribution in [2.24, 2.45) is 0 Å². The first-order chi connectivity index (χ1) is 8.90. The first-order valence-corrected chi connectivity index (χ1v) is 6.17. The van der Waals surface area contributed by atoms with Crippen molar-refractivity contribution in [2.45, 2.75) is 18.8 Å². The summed E-state index contributed by atoms with van der Waals surface area (Å²) >= 11 is 0. The van der Waals surface area contributed by atoms with Crippen molar-refractivity contribution in [3.8, 4) is 11.4 Å². The summed E-state index contributed by atoms with van der Waals surface area (Å²) in [6, 6.07) is 10.1. The van der Waals surface area contributed by atoms with Gasteiger partial charge in [0.2, 0.25) is 0 Å². The van der Waals surface area contributed by atoms with Crippen LogP contribution in [0.5, 0.6) is 0 Å². The number of fused-ring (bicyclic) bond motifs is 1. The van der Waals surface area contributed by atoms with Crippen molar-refractivity contribution in [1.29, 1.82) is 0 Å². The Hall–Kier alpha value is -2.23. The molecule has 0 atom stereocenters. The Balaban J connectivity index is 1.80. The van der Waals surface area contributed by atoms with E-state index in [4.69, 9.17) is 0 Å². The summed E-state index contributed by atoms with van der Waals surface area (Å²) in [5.74, 6) is 2.41. The van der Waals surface area contributed by atoms with E-state index < -0.39 is 0 Å². The SMILES string of the molecule is c1cnc2ccc(-c3n[nH]c(C4CC4)n3)cc2c1. The summed E-state index contributed by atoms with van der Waals surface area (Å²) in [5, 5.41) is 8.45. The highest BCUT2D eigenvalue weighted by Crippen LogP contribution is 2.38. The Morgan fingerprint density at radius 1 is 1.17 bits per heavy atom. The lowest BCUT2D eigenvalue weighted by Gasteiger charge is -1.98. The molecule has 3 aromatic rings. The number of H-pyrrole nitrogens is 1. The molecule has 1 N–H and O–H groups in total. The van der Waals surface area contributed by atoms with Crippen LogP contribution in [0.1, 0.15) is 24.6 Å². The number of rotatable bonds is 2. The van der Waals surface area contributed by atoms with Crippen LogP contribution < -0.4 is 0 Å². The molecule has 0 bridgehead atoms. The molecule has 2 aromatic heterocycles. The van der Waals surface area contributed by atoms with E-state index >= 15 is 0 Å². The van der Waals surface area contributed by atoms with Gasteiger partial charge in [-0.2, -0.15) is 5.10 Å². The predicted molar refractivity (Wildman–Crippen MR) is 69.1 cm³/mol. The van der Waals surface area contributed by atoms with E-state index in [-0.39, 0.29) is 0 Å². The molecule has 1 saturated carbocycles. The van der Waals surface area contributed by atoms with Gasteiger partial charge in [-0.3, -0.25) is 10.1 Å². The monoisotopic (exact) mass is 236 g/mol.